The minimum atomic E-state index is -0.231. The minimum absolute atomic E-state index is 0.142. The molecule has 0 aliphatic carbocycles. The largest absolute Gasteiger partial charge is 0.272 e. The number of benzene rings is 3. The van der Waals surface area contributed by atoms with Gasteiger partial charge < -0.3 is 0 Å². The molecule has 1 aromatic heterocycles. The van der Waals surface area contributed by atoms with Crippen molar-refractivity contribution in [3.63, 3.8) is 0 Å². The number of carbonyl (C=O) groups excluding carboxylic acids is 1. The van der Waals surface area contributed by atoms with Gasteiger partial charge in [0.2, 0.25) is 0 Å². The monoisotopic (exact) mass is 501 g/mol. The van der Waals surface area contributed by atoms with E-state index in [4.69, 9.17) is 11.6 Å². The molecule has 4 rings (SSSR count). The first-order chi connectivity index (χ1) is 17.0. The van der Waals surface area contributed by atoms with Gasteiger partial charge in [0.05, 0.1) is 12.0 Å². The number of carbonyl (C=O) groups is 1. The van der Waals surface area contributed by atoms with E-state index in [1.165, 1.54) is 11.8 Å². The van der Waals surface area contributed by atoms with Crippen LogP contribution in [0.5, 0.6) is 0 Å². The van der Waals surface area contributed by atoms with Crippen molar-refractivity contribution in [2.45, 2.75) is 19.0 Å². The van der Waals surface area contributed by atoms with Crippen LogP contribution >= 0.6 is 23.4 Å². The maximum atomic E-state index is 12.4. The molecule has 35 heavy (non-hydrogen) atoms. The molecule has 0 aliphatic heterocycles. The van der Waals surface area contributed by atoms with Crippen LogP contribution in [0, 0.1) is 6.92 Å². The second-order valence-corrected chi connectivity index (χ2v) is 9.24. The molecule has 0 bridgehead atoms. The predicted molar refractivity (Wildman–Crippen MR) is 144 cm³/mol. The Morgan fingerprint density at radius 2 is 1.74 bits per heavy atom. The van der Waals surface area contributed by atoms with E-state index in [1.54, 1.807) is 6.21 Å². The molecule has 1 heterocycles. The van der Waals surface area contributed by atoms with E-state index in [-0.39, 0.29) is 11.7 Å². The number of nitrogens with one attached hydrogen (secondary N) is 1. The van der Waals surface area contributed by atoms with Gasteiger partial charge in [-0.05, 0) is 61.4 Å². The fourth-order valence-electron chi connectivity index (χ4n) is 3.29. The maximum Gasteiger partial charge on any atom is 0.250 e. The van der Waals surface area contributed by atoms with E-state index in [0.717, 1.165) is 28.0 Å². The van der Waals surface area contributed by atoms with Crippen molar-refractivity contribution >= 4 is 41.6 Å². The number of aromatic nitrogens is 3. The zero-order valence-electron chi connectivity index (χ0n) is 19.4. The first-order valence-corrected chi connectivity index (χ1v) is 12.3. The molecule has 0 atom stereocenters. The standard InChI is InChI=1S/C27H24ClN5OS/c1-19-8-14-24(15-9-19)33-26(22-10-12-23(28)13-11-22)31-32-27(33)35-18-25(34)30-29-17-20(2)16-21-6-4-3-5-7-21/h3-17H,18H2,1-2H3,(H,30,34)/b20-16-,29-17+. The third-order valence-corrected chi connectivity index (χ3v) is 6.19. The van der Waals surface area contributed by atoms with Crippen LogP contribution in [0.1, 0.15) is 18.1 Å². The molecule has 1 N–H and O–H groups in total. The Balaban J connectivity index is 1.47. The summed E-state index contributed by atoms with van der Waals surface area (Å²) in [6.07, 6.45) is 3.62. The van der Waals surface area contributed by atoms with Crippen LogP contribution in [-0.4, -0.2) is 32.6 Å². The van der Waals surface area contributed by atoms with Crippen molar-refractivity contribution in [3.05, 3.63) is 101 Å². The van der Waals surface area contributed by atoms with Gasteiger partial charge in [0.1, 0.15) is 0 Å². The van der Waals surface area contributed by atoms with Crippen LogP contribution in [-0.2, 0) is 4.79 Å². The second-order valence-electron chi connectivity index (χ2n) is 7.86. The lowest BCUT2D eigenvalue weighted by molar-refractivity contribution is -0.118. The summed E-state index contributed by atoms with van der Waals surface area (Å²) in [5, 5.41) is 14.1. The van der Waals surface area contributed by atoms with Crippen molar-refractivity contribution in [2.75, 3.05) is 5.75 Å². The summed E-state index contributed by atoms with van der Waals surface area (Å²) >= 11 is 7.36. The molecule has 176 valence electrons. The Morgan fingerprint density at radius 3 is 2.46 bits per heavy atom. The van der Waals surface area contributed by atoms with E-state index < -0.39 is 0 Å². The van der Waals surface area contributed by atoms with E-state index in [0.29, 0.717) is 16.0 Å². The fraction of sp³-hybridized carbons (Fsp3) is 0.111. The number of allylic oxidation sites excluding steroid dienone is 1. The van der Waals surface area contributed by atoms with Gasteiger partial charge in [-0.1, -0.05) is 77.5 Å². The van der Waals surface area contributed by atoms with Crippen molar-refractivity contribution in [1.29, 1.82) is 0 Å². The van der Waals surface area contributed by atoms with Crippen LogP contribution in [0.2, 0.25) is 5.02 Å². The summed E-state index contributed by atoms with van der Waals surface area (Å²) in [6, 6.07) is 25.4. The normalized spacial score (nSPS) is 11.7. The van der Waals surface area contributed by atoms with Gasteiger partial charge in [-0.3, -0.25) is 9.36 Å². The van der Waals surface area contributed by atoms with E-state index >= 15 is 0 Å². The number of aryl methyl sites for hydroxylation is 1. The van der Waals surface area contributed by atoms with Crippen molar-refractivity contribution in [1.82, 2.24) is 20.2 Å². The highest BCUT2D eigenvalue weighted by Gasteiger charge is 2.17. The summed E-state index contributed by atoms with van der Waals surface area (Å²) in [5.41, 5.74) is 7.52. The van der Waals surface area contributed by atoms with Crippen LogP contribution in [0.4, 0.5) is 0 Å². The zero-order chi connectivity index (χ0) is 24.6. The van der Waals surface area contributed by atoms with Gasteiger partial charge in [-0.25, -0.2) is 5.43 Å². The zero-order valence-corrected chi connectivity index (χ0v) is 20.9. The molecule has 0 saturated carbocycles. The first-order valence-electron chi connectivity index (χ1n) is 11.0. The van der Waals surface area contributed by atoms with Crippen LogP contribution in [0.25, 0.3) is 23.2 Å². The van der Waals surface area contributed by atoms with E-state index in [1.807, 2.05) is 103 Å². The van der Waals surface area contributed by atoms with E-state index in [9.17, 15) is 4.79 Å². The molecule has 3 aromatic carbocycles. The van der Waals surface area contributed by atoms with E-state index in [2.05, 4.69) is 20.7 Å². The highest BCUT2D eigenvalue weighted by Crippen LogP contribution is 2.28. The number of rotatable bonds is 8. The third kappa shape index (κ3) is 6.68. The van der Waals surface area contributed by atoms with Crippen LogP contribution in [0.15, 0.2) is 94.7 Å². The smallest absolute Gasteiger partial charge is 0.250 e. The average Bonchev–Trinajstić information content (AvgIpc) is 3.28. The Hall–Kier alpha value is -3.68. The molecule has 4 aromatic rings. The third-order valence-electron chi connectivity index (χ3n) is 5.01. The topological polar surface area (TPSA) is 72.2 Å². The number of hydrazone groups is 1. The van der Waals surface area contributed by atoms with Crippen molar-refractivity contribution < 1.29 is 4.79 Å². The molecular weight excluding hydrogens is 478 g/mol. The molecule has 0 spiro atoms. The summed E-state index contributed by atoms with van der Waals surface area (Å²) in [5.74, 6) is 0.585. The molecule has 0 unspecified atom stereocenters. The first kappa shape index (κ1) is 24.4. The molecule has 6 nitrogen and oxygen atoms in total. The maximum absolute atomic E-state index is 12.4. The fourth-order valence-corrected chi connectivity index (χ4v) is 4.16. The molecule has 1 amide bonds. The number of halogens is 1. The summed E-state index contributed by atoms with van der Waals surface area (Å²) in [4.78, 5) is 12.4. The van der Waals surface area contributed by atoms with Gasteiger partial charge in [0, 0.05) is 16.3 Å². The summed E-state index contributed by atoms with van der Waals surface area (Å²) in [7, 11) is 0. The Morgan fingerprint density at radius 1 is 1.03 bits per heavy atom. The molecule has 0 fully saturated rings. The van der Waals surface area contributed by atoms with Gasteiger partial charge in [-0.15, -0.1) is 10.2 Å². The molecular formula is C27H24ClN5OS. The highest BCUT2D eigenvalue weighted by atomic mass is 35.5. The van der Waals surface area contributed by atoms with Crippen LogP contribution in [0.3, 0.4) is 0 Å². The molecule has 8 heteroatoms. The Labute approximate surface area is 213 Å². The van der Waals surface area contributed by atoms with Crippen molar-refractivity contribution in [2.24, 2.45) is 5.10 Å². The Kier molecular flexibility index (Phi) is 8.13. The quantitative estimate of drug-likeness (QED) is 0.177. The summed E-state index contributed by atoms with van der Waals surface area (Å²) in [6.45, 7) is 3.97. The highest BCUT2D eigenvalue weighted by molar-refractivity contribution is 7.99. The van der Waals surface area contributed by atoms with Crippen molar-refractivity contribution in [3.8, 4) is 17.1 Å². The Bertz CT molecular complexity index is 1350. The molecule has 0 saturated heterocycles. The second kappa shape index (κ2) is 11.6. The SMILES string of the molecule is CC(=C/c1ccccc1)/C=N/NC(=O)CSc1nnc(-c2ccc(Cl)cc2)n1-c1ccc(C)cc1. The van der Waals surface area contributed by atoms with Gasteiger partial charge >= 0.3 is 0 Å². The number of nitrogens with zero attached hydrogens (tertiary/aromatic N) is 4. The van der Waals surface area contributed by atoms with Gasteiger partial charge in [-0.2, -0.15) is 5.10 Å². The predicted octanol–water partition coefficient (Wildman–Crippen LogP) is 6.19. The number of thioether (sulfide) groups is 1. The number of hydrogen-bond acceptors (Lipinski definition) is 5. The number of amides is 1. The van der Waals surface area contributed by atoms with Gasteiger partial charge in [0.25, 0.3) is 5.91 Å². The lowest BCUT2D eigenvalue weighted by Crippen LogP contribution is -2.20. The average molecular weight is 502 g/mol. The molecule has 0 aliphatic rings. The minimum Gasteiger partial charge on any atom is -0.272 e. The summed E-state index contributed by atoms with van der Waals surface area (Å²) < 4.78 is 1.94. The molecule has 0 radical (unpaired) electrons. The lowest BCUT2D eigenvalue weighted by Gasteiger charge is -2.10. The van der Waals surface area contributed by atoms with Crippen LogP contribution < -0.4 is 5.43 Å². The number of hydrogen-bond donors (Lipinski definition) is 1. The lowest BCUT2D eigenvalue weighted by atomic mass is 10.1. The van der Waals surface area contributed by atoms with Gasteiger partial charge in [0.15, 0.2) is 11.0 Å².